The summed E-state index contributed by atoms with van der Waals surface area (Å²) < 4.78 is 1.24. The van der Waals surface area contributed by atoms with E-state index in [-0.39, 0.29) is 0 Å². The van der Waals surface area contributed by atoms with Gasteiger partial charge in [0.1, 0.15) is 0 Å². The average Bonchev–Trinajstić information content (AvgIpc) is 2.50. The van der Waals surface area contributed by atoms with Crippen LogP contribution in [-0.2, 0) is 0 Å². The van der Waals surface area contributed by atoms with Gasteiger partial charge in [0.2, 0.25) is 0 Å². The van der Waals surface area contributed by atoms with Crippen LogP contribution in [0.25, 0.3) is 32.3 Å². The van der Waals surface area contributed by atoms with Gasteiger partial charge in [0.15, 0.2) is 0 Å². The van der Waals surface area contributed by atoms with Gasteiger partial charge >= 0.3 is 0 Å². The Bertz CT molecular complexity index is 973. The van der Waals surface area contributed by atoms with E-state index in [1.807, 2.05) is 6.07 Å². The molecule has 0 saturated heterocycles. The number of halogens is 2. The molecule has 0 aromatic heterocycles. The highest BCUT2D eigenvalue weighted by molar-refractivity contribution is 14.1. The summed E-state index contributed by atoms with van der Waals surface area (Å²) in [5.41, 5.74) is 0. The molecule has 0 heterocycles. The van der Waals surface area contributed by atoms with Gasteiger partial charge in [-0.3, -0.25) is 0 Å². The van der Waals surface area contributed by atoms with Crippen molar-refractivity contribution < 1.29 is 0 Å². The lowest BCUT2D eigenvalue weighted by atomic mass is 9.96. The highest BCUT2D eigenvalue weighted by atomic mass is 127. The highest BCUT2D eigenvalue weighted by Gasteiger charge is 2.09. The minimum atomic E-state index is 0.815. The van der Waals surface area contributed by atoms with Crippen molar-refractivity contribution in [3.63, 3.8) is 0 Å². The molecule has 0 atom stereocenters. The van der Waals surface area contributed by atoms with Crippen molar-refractivity contribution in [3.8, 4) is 0 Å². The van der Waals surface area contributed by atoms with Crippen molar-refractivity contribution >= 4 is 66.5 Å². The molecule has 0 aliphatic heterocycles. The van der Waals surface area contributed by atoms with Gasteiger partial charge in [0.25, 0.3) is 0 Å². The van der Waals surface area contributed by atoms with Crippen LogP contribution in [0.1, 0.15) is 0 Å². The van der Waals surface area contributed by atoms with Gasteiger partial charge in [0, 0.05) is 19.4 Å². The van der Waals surface area contributed by atoms with E-state index in [0.717, 1.165) is 10.4 Å². The van der Waals surface area contributed by atoms with Gasteiger partial charge in [-0.1, -0.05) is 60.1 Å². The van der Waals surface area contributed by atoms with E-state index in [9.17, 15) is 0 Å². The van der Waals surface area contributed by atoms with Gasteiger partial charge < -0.3 is 0 Å². The number of hydrogen-bond acceptors (Lipinski definition) is 0. The molecule has 0 amide bonds. The third-order valence-electron chi connectivity index (χ3n) is 3.78. The molecule has 0 saturated carbocycles. The summed E-state index contributed by atoms with van der Waals surface area (Å²) in [6.07, 6.45) is 0. The summed E-state index contributed by atoms with van der Waals surface area (Å²) in [7, 11) is 0. The maximum absolute atomic E-state index is 6.38. The Hall–Kier alpha value is -1.32. The summed E-state index contributed by atoms with van der Waals surface area (Å²) in [4.78, 5) is 0. The Kier molecular flexibility index (Phi) is 2.86. The molecule has 0 aliphatic carbocycles. The summed E-state index contributed by atoms with van der Waals surface area (Å²) >= 11 is 8.77. The highest BCUT2D eigenvalue weighted by Crippen LogP contribution is 2.37. The van der Waals surface area contributed by atoms with E-state index >= 15 is 0 Å². The molecule has 0 bridgehead atoms. The molecule has 2 heteroatoms. The molecular formula is C18H10ClI. The van der Waals surface area contributed by atoms with E-state index in [1.54, 1.807) is 0 Å². The maximum atomic E-state index is 6.38. The molecule has 0 N–H and O–H groups in total. The van der Waals surface area contributed by atoms with E-state index < -0.39 is 0 Å². The van der Waals surface area contributed by atoms with E-state index in [0.29, 0.717) is 0 Å². The molecule has 0 fully saturated rings. The molecule has 96 valence electrons. The average molecular weight is 389 g/mol. The molecule has 0 aliphatic rings. The van der Waals surface area contributed by atoms with Crippen molar-refractivity contribution in [2.24, 2.45) is 0 Å². The second-order valence-electron chi connectivity index (χ2n) is 4.90. The second-order valence-corrected chi connectivity index (χ2v) is 6.47. The quantitative estimate of drug-likeness (QED) is 0.241. The third-order valence-corrected chi connectivity index (χ3v) is 5.01. The van der Waals surface area contributed by atoms with Gasteiger partial charge in [-0.05, 0) is 56.3 Å². The fraction of sp³-hybridized carbons (Fsp3) is 0. The SMILES string of the molecule is Clc1ccc(I)c2c1ccc1ccc3ccccc3c12. The first-order valence-corrected chi connectivity index (χ1v) is 7.89. The van der Waals surface area contributed by atoms with Gasteiger partial charge in [-0.15, -0.1) is 0 Å². The topological polar surface area (TPSA) is 0 Å². The van der Waals surface area contributed by atoms with Crippen LogP contribution in [0.3, 0.4) is 0 Å². The molecule has 0 radical (unpaired) electrons. The Morgan fingerprint density at radius 2 is 1.40 bits per heavy atom. The fourth-order valence-electron chi connectivity index (χ4n) is 2.86. The van der Waals surface area contributed by atoms with Gasteiger partial charge in [-0.25, -0.2) is 0 Å². The van der Waals surface area contributed by atoms with E-state index in [2.05, 4.69) is 77.2 Å². The summed E-state index contributed by atoms with van der Waals surface area (Å²) in [6.45, 7) is 0. The minimum absolute atomic E-state index is 0.815. The first kappa shape index (κ1) is 12.4. The number of benzene rings is 4. The van der Waals surface area contributed by atoms with E-state index in [1.165, 1.54) is 30.5 Å². The fourth-order valence-corrected chi connectivity index (χ4v) is 3.82. The molecule has 4 aromatic rings. The lowest BCUT2D eigenvalue weighted by Crippen LogP contribution is -1.84. The van der Waals surface area contributed by atoms with Crippen molar-refractivity contribution in [2.75, 3.05) is 0 Å². The largest absolute Gasteiger partial charge is 0.0837 e. The second kappa shape index (κ2) is 4.61. The van der Waals surface area contributed by atoms with Gasteiger partial charge in [-0.2, -0.15) is 0 Å². The first-order chi connectivity index (χ1) is 9.75. The van der Waals surface area contributed by atoms with Crippen molar-refractivity contribution in [3.05, 3.63) is 69.3 Å². The van der Waals surface area contributed by atoms with Crippen LogP contribution < -0.4 is 0 Å². The minimum Gasteiger partial charge on any atom is -0.0837 e. The Morgan fingerprint density at radius 3 is 2.30 bits per heavy atom. The van der Waals surface area contributed by atoms with Crippen LogP contribution in [0.4, 0.5) is 0 Å². The molecule has 20 heavy (non-hydrogen) atoms. The smallest absolute Gasteiger partial charge is 0.0485 e. The van der Waals surface area contributed by atoms with Gasteiger partial charge in [0.05, 0.1) is 0 Å². The molecule has 0 nitrogen and oxygen atoms in total. The predicted molar refractivity (Wildman–Crippen MR) is 96.7 cm³/mol. The Morgan fingerprint density at radius 1 is 0.650 bits per heavy atom. The first-order valence-electron chi connectivity index (χ1n) is 6.44. The van der Waals surface area contributed by atoms with Crippen LogP contribution >= 0.6 is 34.2 Å². The normalized spacial score (nSPS) is 11.5. The molecule has 4 rings (SSSR count). The zero-order valence-electron chi connectivity index (χ0n) is 10.5. The number of fused-ring (bicyclic) bond motifs is 5. The third kappa shape index (κ3) is 1.73. The van der Waals surface area contributed by atoms with Crippen molar-refractivity contribution in [1.82, 2.24) is 0 Å². The van der Waals surface area contributed by atoms with Crippen LogP contribution in [0.15, 0.2) is 60.7 Å². The van der Waals surface area contributed by atoms with Crippen LogP contribution in [0.2, 0.25) is 5.02 Å². The monoisotopic (exact) mass is 388 g/mol. The zero-order chi connectivity index (χ0) is 13.7. The predicted octanol–water partition coefficient (Wildman–Crippen LogP) is 6.40. The summed E-state index contributed by atoms with van der Waals surface area (Å²) in [5.74, 6) is 0. The zero-order valence-corrected chi connectivity index (χ0v) is 13.4. The summed E-state index contributed by atoms with van der Waals surface area (Å²) in [5, 5.41) is 8.31. The van der Waals surface area contributed by atoms with Crippen molar-refractivity contribution in [2.45, 2.75) is 0 Å². The molecule has 4 aromatic carbocycles. The summed E-state index contributed by atoms with van der Waals surface area (Å²) in [6, 6.07) is 21.2. The Balaban J connectivity index is 2.40. The van der Waals surface area contributed by atoms with E-state index in [4.69, 9.17) is 11.6 Å². The maximum Gasteiger partial charge on any atom is 0.0485 e. The number of rotatable bonds is 0. The van der Waals surface area contributed by atoms with Crippen LogP contribution in [0, 0.1) is 3.57 Å². The number of hydrogen-bond donors (Lipinski definition) is 0. The standard InChI is InChI=1S/C18H10ClI/c19-15-9-10-16(20)18-14(15)8-7-12-6-5-11-3-1-2-4-13(11)17(12)18/h1-10H. The Labute approximate surface area is 135 Å². The van der Waals surface area contributed by atoms with Crippen molar-refractivity contribution in [1.29, 1.82) is 0 Å². The molecule has 0 unspecified atom stereocenters. The van der Waals surface area contributed by atoms with Crippen LogP contribution in [0.5, 0.6) is 0 Å². The molecular weight excluding hydrogens is 379 g/mol. The lowest BCUT2D eigenvalue weighted by Gasteiger charge is -2.10. The molecule has 0 spiro atoms. The lowest BCUT2D eigenvalue weighted by molar-refractivity contribution is 1.73. The van der Waals surface area contributed by atoms with Crippen LogP contribution in [-0.4, -0.2) is 0 Å².